The normalized spacial score (nSPS) is 25.0. The number of amides is 1. The van der Waals surface area contributed by atoms with Crippen LogP contribution in [0.4, 0.5) is 0 Å². The van der Waals surface area contributed by atoms with E-state index in [2.05, 4.69) is 46.7 Å². The molecule has 0 unspecified atom stereocenters. The summed E-state index contributed by atoms with van der Waals surface area (Å²) in [4.78, 5) is 16.8. The van der Waals surface area contributed by atoms with Crippen molar-refractivity contribution < 1.29 is 4.79 Å². The Morgan fingerprint density at radius 2 is 1.96 bits per heavy atom. The Hall–Kier alpha value is -1.98. The summed E-state index contributed by atoms with van der Waals surface area (Å²) in [5.74, 6) is 0.457. The van der Waals surface area contributed by atoms with Gasteiger partial charge in [0.1, 0.15) is 0 Å². The molecule has 1 aromatic heterocycles. The summed E-state index contributed by atoms with van der Waals surface area (Å²) in [6, 6.07) is 12.9. The monoisotopic (exact) mass is 379 g/mol. The standard InChI is InChI=1S/C22H25N3OS/c26-20(15-24-12-4-1-5-13-24)25-22(19-9-6-14-27-19)18-11-10-16-7-2-3-8-17(16)21(18)23-25/h2-3,6-9,14,18,22H,1,4-5,10-13,15H2/t18-,22-/m1/s1. The largest absolute Gasteiger partial charge is 0.294 e. The van der Waals surface area contributed by atoms with Gasteiger partial charge in [0.05, 0.1) is 18.3 Å². The number of nitrogens with zero attached hydrogens (tertiary/aromatic N) is 3. The summed E-state index contributed by atoms with van der Waals surface area (Å²) in [5, 5.41) is 8.87. The molecule has 5 heteroatoms. The maximum Gasteiger partial charge on any atom is 0.257 e. The zero-order valence-corrected chi connectivity index (χ0v) is 16.3. The molecule has 5 rings (SSSR count). The third-order valence-electron chi connectivity index (χ3n) is 6.13. The van der Waals surface area contributed by atoms with Crippen LogP contribution in [0.25, 0.3) is 0 Å². The summed E-state index contributed by atoms with van der Waals surface area (Å²) in [5.41, 5.74) is 3.72. The van der Waals surface area contributed by atoms with Gasteiger partial charge in [-0.1, -0.05) is 36.8 Å². The highest BCUT2D eigenvalue weighted by Crippen LogP contribution is 2.44. The van der Waals surface area contributed by atoms with Crippen LogP contribution in [0.2, 0.25) is 0 Å². The minimum Gasteiger partial charge on any atom is -0.294 e. The number of aryl methyl sites for hydroxylation is 1. The maximum atomic E-state index is 13.3. The molecule has 1 aliphatic carbocycles. The molecule has 0 saturated carbocycles. The second-order valence-corrected chi connectivity index (χ2v) is 8.80. The molecule has 2 aromatic rings. The number of piperidine rings is 1. The highest BCUT2D eigenvalue weighted by molar-refractivity contribution is 7.10. The van der Waals surface area contributed by atoms with Crippen LogP contribution < -0.4 is 0 Å². The van der Waals surface area contributed by atoms with Crippen LogP contribution in [0.5, 0.6) is 0 Å². The number of fused-ring (bicyclic) bond motifs is 3. The quantitative estimate of drug-likeness (QED) is 0.805. The number of hydrazone groups is 1. The fourth-order valence-corrected chi connectivity index (χ4v) is 5.67. The first-order chi connectivity index (χ1) is 13.3. The summed E-state index contributed by atoms with van der Waals surface area (Å²) in [6.07, 6.45) is 5.81. The molecule has 0 N–H and O–H groups in total. The van der Waals surface area contributed by atoms with Crippen LogP contribution in [-0.2, 0) is 11.2 Å². The average molecular weight is 380 g/mol. The highest BCUT2D eigenvalue weighted by atomic mass is 32.1. The Kier molecular flexibility index (Phi) is 4.58. The predicted octanol–water partition coefficient (Wildman–Crippen LogP) is 4.08. The SMILES string of the molecule is O=C(CN1CCCCC1)N1N=C2c3ccccc3CC[C@H]2[C@@H]1c1cccs1. The fraction of sp³-hybridized carbons (Fsp3) is 0.455. The van der Waals surface area contributed by atoms with Crippen molar-refractivity contribution in [3.05, 3.63) is 57.8 Å². The lowest BCUT2D eigenvalue weighted by atomic mass is 9.79. The van der Waals surface area contributed by atoms with Crippen molar-refractivity contribution in [1.82, 2.24) is 9.91 Å². The molecule has 1 fully saturated rings. The van der Waals surface area contributed by atoms with Crippen molar-refractivity contribution in [2.45, 2.75) is 38.1 Å². The van der Waals surface area contributed by atoms with Gasteiger partial charge < -0.3 is 0 Å². The predicted molar refractivity (Wildman–Crippen MR) is 109 cm³/mol. The summed E-state index contributed by atoms with van der Waals surface area (Å²) in [7, 11) is 0. The van der Waals surface area contributed by atoms with E-state index >= 15 is 0 Å². The minimum atomic E-state index is 0.0608. The van der Waals surface area contributed by atoms with Gasteiger partial charge >= 0.3 is 0 Å². The van der Waals surface area contributed by atoms with Crippen molar-refractivity contribution in [3.63, 3.8) is 0 Å². The Balaban J connectivity index is 1.48. The van der Waals surface area contributed by atoms with E-state index in [1.54, 1.807) is 11.3 Å². The Bertz CT molecular complexity index is 854. The molecular formula is C22H25N3OS. The van der Waals surface area contributed by atoms with E-state index in [0.29, 0.717) is 12.5 Å². The first kappa shape index (κ1) is 17.1. The number of carbonyl (C=O) groups is 1. The first-order valence-electron chi connectivity index (χ1n) is 10.1. The van der Waals surface area contributed by atoms with Crippen LogP contribution in [0, 0.1) is 5.92 Å². The van der Waals surface area contributed by atoms with Crippen molar-refractivity contribution >= 4 is 23.0 Å². The molecule has 0 bridgehead atoms. The number of benzene rings is 1. The van der Waals surface area contributed by atoms with Gasteiger partial charge in [-0.15, -0.1) is 11.3 Å². The van der Waals surface area contributed by atoms with Crippen LogP contribution >= 0.6 is 11.3 Å². The first-order valence-corrected chi connectivity index (χ1v) is 10.9. The molecule has 2 atom stereocenters. The lowest BCUT2D eigenvalue weighted by Crippen LogP contribution is -2.41. The van der Waals surface area contributed by atoms with Crippen LogP contribution in [0.3, 0.4) is 0 Å². The lowest BCUT2D eigenvalue weighted by Gasteiger charge is -2.31. The third-order valence-corrected chi connectivity index (χ3v) is 7.07. The molecule has 1 saturated heterocycles. The van der Waals surface area contributed by atoms with Crippen LogP contribution in [-0.4, -0.2) is 41.2 Å². The number of hydrogen-bond acceptors (Lipinski definition) is 4. The number of thiophene rings is 1. The number of hydrogen-bond donors (Lipinski definition) is 0. The average Bonchev–Trinajstić information content (AvgIpc) is 3.36. The molecule has 3 aliphatic rings. The van der Waals surface area contributed by atoms with E-state index in [1.165, 1.54) is 35.3 Å². The minimum absolute atomic E-state index is 0.0608. The smallest absolute Gasteiger partial charge is 0.257 e. The van der Waals surface area contributed by atoms with Crippen LogP contribution in [0.15, 0.2) is 46.9 Å². The van der Waals surface area contributed by atoms with Crippen molar-refractivity contribution in [2.24, 2.45) is 11.0 Å². The van der Waals surface area contributed by atoms with Crippen molar-refractivity contribution in [3.8, 4) is 0 Å². The molecular weight excluding hydrogens is 354 g/mol. The molecule has 0 spiro atoms. The lowest BCUT2D eigenvalue weighted by molar-refractivity contribution is -0.135. The Labute approximate surface area is 164 Å². The van der Waals surface area contributed by atoms with E-state index in [9.17, 15) is 4.79 Å². The molecule has 2 aliphatic heterocycles. The second kappa shape index (κ2) is 7.21. The number of rotatable bonds is 3. The number of carbonyl (C=O) groups excluding carboxylic acids is 1. The number of likely N-dealkylation sites (tertiary alicyclic amines) is 1. The van der Waals surface area contributed by atoms with Crippen molar-refractivity contribution in [2.75, 3.05) is 19.6 Å². The molecule has 3 heterocycles. The topological polar surface area (TPSA) is 35.9 Å². The molecule has 27 heavy (non-hydrogen) atoms. The second-order valence-electron chi connectivity index (χ2n) is 7.82. The van der Waals surface area contributed by atoms with Gasteiger partial charge in [0.2, 0.25) is 0 Å². The summed E-state index contributed by atoms with van der Waals surface area (Å²) in [6.45, 7) is 2.56. The van der Waals surface area contributed by atoms with Gasteiger partial charge in [-0.25, -0.2) is 5.01 Å². The summed E-state index contributed by atoms with van der Waals surface area (Å²) >= 11 is 1.74. The molecule has 1 amide bonds. The molecule has 1 aromatic carbocycles. The summed E-state index contributed by atoms with van der Waals surface area (Å²) < 4.78 is 0. The zero-order valence-electron chi connectivity index (χ0n) is 15.5. The van der Waals surface area contributed by atoms with Gasteiger partial charge in [-0.05, 0) is 55.8 Å². The van der Waals surface area contributed by atoms with E-state index in [1.807, 2.05) is 5.01 Å². The van der Waals surface area contributed by atoms with Crippen LogP contribution in [0.1, 0.15) is 47.7 Å². The van der Waals surface area contributed by atoms with Gasteiger partial charge in [-0.3, -0.25) is 9.69 Å². The Morgan fingerprint density at radius 1 is 1.11 bits per heavy atom. The van der Waals surface area contributed by atoms with Gasteiger partial charge in [0.15, 0.2) is 0 Å². The maximum absolute atomic E-state index is 13.3. The third kappa shape index (κ3) is 3.13. The van der Waals surface area contributed by atoms with E-state index < -0.39 is 0 Å². The fourth-order valence-electron chi connectivity index (χ4n) is 4.79. The Morgan fingerprint density at radius 3 is 2.78 bits per heavy atom. The zero-order chi connectivity index (χ0) is 18.2. The van der Waals surface area contributed by atoms with Gasteiger partial charge in [-0.2, -0.15) is 5.10 Å². The van der Waals surface area contributed by atoms with E-state index in [-0.39, 0.29) is 11.9 Å². The van der Waals surface area contributed by atoms with Crippen molar-refractivity contribution in [1.29, 1.82) is 0 Å². The van der Waals surface area contributed by atoms with E-state index in [0.717, 1.165) is 31.6 Å². The van der Waals surface area contributed by atoms with Gasteiger partial charge in [0.25, 0.3) is 5.91 Å². The van der Waals surface area contributed by atoms with E-state index in [4.69, 9.17) is 5.10 Å². The highest BCUT2D eigenvalue weighted by Gasteiger charge is 2.44. The van der Waals surface area contributed by atoms with Gasteiger partial charge in [0, 0.05) is 16.4 Å². The molecule has 4 nitrogen and oxygen atoms in total. The molecule has 0 radical (unpaired) electrons. The molecule has 140 valence electrons.